The van der Waals surface area contributed by atoms with Crippen molar-refractivity contribution in [1.29, 1.82) is 0 Å². The summed E-state index contributed by atoms with van der Waals surface area (Å²) in [7, 11) is 0. The van der Waals surface area contributed by atoms with Gasteiger partial charge in [-0.05, 0) is 37.1 Å². The second-order valence-corrected chi connectivity index (χ2v) is 6.05. The number of benzene rings is 1. The van der Waals surface area contributed by atoms with Crippen molar-refractivity contribution >= 4 is 28.9 Å². The first kappa shape index (κ1) is 13.5. The lowest BCUT2D eigenvalue weighted by Gasteiger charge is -2.38. The molecule has 6 heteroatoms. The first-order valence-corrected chi connectivity index (χ1v) is 7.76. The van der Waals surface area contributed by atoms with Gasteiger partial charge in [0.15, 0.2) is 0 Å². The second kappa shape index (κ2) is 5.25. The van der Waals surface area contributed by atoms with Crippen LogP contribution in [0.1, 0.15) is 23.3 Å². The highest BCUT2D eigenvalue weighted by Crippen LogP contribution is 2.41. The van der Waals surface area contributed by atoms with Crippen molar-refractivity contribution < 1.29 is 4.79 Å². The Morgan fingerprint density at radius 1 is 1.18 bits per heavy atom. The zero-order valence-corrected chi connectivity index (χ0v) is 12.7. The lowest BCUT2D eigenvalue weighted by molar-refractivity contribution is 0.0981. The molecule has 1 amide bonds. The Morgan fingerprint density at radius 3 is 2.77 bits per heavy atom. The van der Waals surface area contributed by atoms with Gasteiger partial charge in [0.05, 0.1) is 11.4 Å². The van der Waals surface area contributed by atoms with Crippen LogP contribution in [0.4, 0.5) is 11.4 Å². The topological polar surface area (TPSA) is 49.3 Å². The molecule has 112 valence electrons. The molecule has 1 saturated carbocycles. The minimum atomic E-state index is -0.110. The van der Waals surface area contributed by atoms with Crippen LogP contribution in [0.2, 0.25) is 5.02 Å². The van der Waals surface area contributed by atoms with E-state index >= 15 is 0 Å². The molecule has 2 aliphatic rings. The van der Waals surface area contributed by atoms with Crippen LogP contribution in [-0.2, 0) is 0 Å². The van der Waals surface area contributed by atoms with Crippen molar-refractivity contribution in [2.24, 2.45) is 0 Å². The van der Waals surface area contributed by atoms with Gasteiger partial charge < -0.3 is 9.80 Å². The average Bonchev–Trinajstić information content (AvgIpc) is 3.38. The number of fused-ring (bicyclic) bond motifs is 1. The molecule has 2 aromatic rings. The van der Waals surface area contributed by atoms with Crippen LogP contribution in [0, 0.1) is 0 Å². The van der Waals surface area contributed by atoms with Crippen LogP contribution in [-0.4, -0.2) is 35.0 Å². The van der Waals surface area contributed by atoms with Crippen molar-refractivity contribution in [2.75, 3.05) is 22.9 Å². The van der Waals surface area contributed by atoms with Gasteiger partial charge in [-0.2, -0.15) is 0 Å². The normalized spacial score (nSPS) is 17.3. The lowest BCUT2D eigenvalue weighted by Crippen LogP contribution is -2.45. The molecule has 0 unspecified atom stereocenters. The third-order valence-corrected chi connectivity index (χ3v) is 4.37. The van der Waals surface area contributed by atoms with E-state index in [-0.39, 0.29) is 5.91 Å². The third kappa shape index (κ3) is 2.31. The fourth-order valence-electron chi connectivity index (χ4n) is 2.94. The fraction of sp³-hybridized carbons (Fsp3) is 0.312. The summed E-state index contributed by atoms with van der Waals surface area (Å²) in [6.45, 7) is 1.49. The van der Waals surface area contributed by atoms with Gasteiger partial charge in [-0.3, -0.25) is 4.79 Å². The standard InChI is InChI=1S/C16H15ClN4O/c17-11-1-4-14-15(9-11)21(8-7-20(14)12-2-3-12)16(22)13-5-6-18-10-19-13/h1,4-6,9-10,12H,2-3,7-8H2. The summed E-state index contributed by atoms with van der Waals surface area (Å²) in [5.74, 6) is -0.110. The number of rotatable bonds is 2. The predicted molar refractivity (Wildman–Crippen MR) is 85.5 cm³/mol. The Morgan fingerprint density at radius 2 is 2.05 bits per heavy atom. The van der Waals surface area contributed by atoms with Crippen LogP contribution in [0.3, 0.4) is 0 Å². The molecule has 1 aromatic heterocycles. The monoisotopic (exact) mass is 314 g/mol. The minimum absolute atomic E-state index is 0.110. The highest BCUT2D eigenvalue weighted by atomic mass is 35.5. The van der Waals surface area contributed by atoms with E-state index < -0.39 is 0 Å². The molecule has 0 saturated heterocycles. The van der Waals surface area contributed by atoms with E-state index in [2.05, 4.69) is 14.9 Å². The minimum Gasteiger partial charge on any atom is -0.365 e. The number of nitrogens with zero attached hydrogens (tertiary/aromatic N) is 4. The van der Waals surface area contributed by atoms with Crippen LogP contribution < -0.4 is 9.80 Å². The Labute approximate surface area is 133 Å². The summed E-state index contributed by atoms with van der Waals surface area (Å²) >= 11 is 6.15. The number of hydrogen-bond acceptors (Lipinski definition) is 4. The van der Waals surface area contributed by atoms with E-state index in [1.54, 1.807) is 17.2 Å². The highest BCUT2D eigenvalue weighted by molar-refractivity contribution is 6.31. The van der Waals surface area contributed by atoms with Crippen molar-refractivity contribution in [3.8, 4) is 0 Å². The van der Waals surface area contributed by atoms with E-state index in [4.69, 9.17) is 11.6 Å². The molecule has 1 aromatic carbocycles. The van der Waals surface area contributed by atoms with E-state index in [1.807, 2.05) is 18.2 Å². The molecule has 0 spiro atoms. The molecule has 0 radical (unpaired) electrons. The maximum absolute atomic E-state index is 12.7. The van der Waals surface area contributed by atoms with Crippen LogP contribution in [0.5, 0.6) is 0 Å². The first-order valence-electron chi connectivity index (χ1n) is 7.38. The molecule has 1 aliphatic heterocycles. The Hall–Kier alpha value is -2.14. The van der Waals surface area contributed by atoms with Crippen LogP contribution in [0.25, 0.3) is 0 Å². The summed E-state index contributed by atoms with van der Waals surface area (Å²) in [4.78, 5) is 24.8. The number of halogens is 1. The van der Waals surface area contributed by atoms with Gasteiger partial charge in [-0.15, -0.1) is 0 Å². The average molecular weight is 315 g/mol. The number of carbonyl (C=O) groups is 1. The van der Waals surface area contributed by atoms with Gasteiger partial charge in [-0.25, -0.2) is 9.97 Å². The van der Waals surface area contributed by atoms with Crippen LogP contribution >= 0.6 is 11.6 Å². The molecule has 1 aliphatic carbocycles. The van der Waals surface area contributed by atoms with Gasteiger partial charge in [0, 0.05) is 30.4 Å². The molecule has 2 heterocycles. The number of carbonyl (C=O) groups excluding carboxylic acids is 1. The molecule has 4 rings (SSSR count). The summed E-state index contributed by atoms with van der Waals surface area (Å²) in [5, 5.41) is 0.636. The number of aromatic nitrogens is 2. The number of anilines is 2. The fourth-order valence-corrected chi connectivity index (χ4v) is 3.10. The molecule has 1 fully saturated rings. The van der Waals surface area contributed by atoms with Crippen molar-refractivity contribution in [3.05, 3.63) is 47.5 Å². The summed E-state index contributed by atoms with van der Waals surface area (Å²) in [5.41, 5.74) is 2.36. The van der Waals surface area contributed by atoms with Crippen molar-refractivity contribution in [3.63, 3.8) is 0 Å². The van der Waals surface area contributed by atoms with Gasteiger partial charge in [0.2, 0.25) is 0 Å². The predicted octanol–water partition coefficient (Wildman–Crippen LogP) is 2.76. The molecule has 22 heavy (non-hydrogen) atoms. The summed E-state index contributed by atoms with van der Waals surface area (Å²) < 4.78 is 0. The summed E-state index contributed by atoms with van der Waals surface area (Å²) in [6, 6.07) is 8.00. The Balaban J connectivity index is 1.74. The smallest absolute Gasteiger partial charge is 0.277 e. The van der Waals surface area contributed by atoms with E-state index in [0.29, 0.717) is 23.3 Å². The summed E-state index contributed by atoms with van der Waals surface area (Å²) in [6.07, 6.45) is 5.43. The maximum atomic E-state index is 12.7. The van der Waals surface area contributed by atoms with Gasteiger partial charge in [0.25, 0.3) is 5.91 Å². The molecular formula is C16H15ClN4O. The van der Waals surface area contributed by atoms with E-state index in [9.17, 15) is 4.79 Å². The molecule has 5 nitrogen and oxygen atoms in total. The SMILES string of the molecule is O=C(c1ccncn1)N1CCN(C2CC2)c2ccc(Cl)cc21. The zero-order chi connectivity index (χ0) is 15.1. The van der Waals surface area contributed by atoms with Gasteiger partial charge in [-0.1, -0.05) is 11.6 Å². The quantitative estimate of drug-likeness (QED) is 0.855. The highest BCUT2D eigenvalue weighted by Gasteiger charge is 2.36. The Kier molecular flexibility index (Phi) is 3.22. The maximum Gasteiger partial charge on any atom is 0.277 e. The zero-order valence-electron chi connectivity index (χ0n) is 11.9. The number of amides is 1. The van der Waals surface area contributed by atoms with E-state index in [0.717, 1.165) is 17.9 Å². The molecule has 0 bridgehead atoms. The second-order valence-electron chi connectivity index (χ2n) is 5.61. The Bertz CT molecular complexity index is 717. The van der Waals surface area contributed by atoms with Crippen molar-refractivity contribution in [2.45, 2.75) is 18.9 Å². The van der Waals surface area contributed by atoms with Gasteiger partial charge >= 0.3 is 0 Å². The lowest BCUT2D eigenvalue weighted by atomic mass is 10.1. The third-order valence-electron chi connectivity index (χ3n) is 4.14. The molecule has 0 atom stereocenters. The van der Waals surface area contributed by atoms with Gasteiger partial charge in [0.1, 0.15) is 12.0 Å². The van der Waals surface area contributed by atoms with Crippen molar-refractivity contribution in [1.82, 2.24) is 9.97 Å². The number of hydrogen-bond donors (Lipinski definition) is 0. The first-order chi connectivity index (χ1) is 10.7. The van der Waals surface area contributed by atoms with Crippen LogP contribution in [0.15, 0.2) is 36.8 Å². The molecule has 0 N–H and O–H groups in total. The largest absolute Gasteiger partial charge is 0.365 e. The molecular weight excluding hydrogens is 300 g/mol. The van der Waals surface area contributed by atoms with E-state index in [1.165, 1.54) is 19.2 Å².